The van der Waals surface area contributed by atoms with E-state index in [1.807, 2.05) is 23.6 Å². The summed E-state index contributed by atoms with van der Waals surface area (Å²) in [5, 5.41) is 6.75. The predicted molar refractivity (Wildman–Crippen MR) is 113 cm³/mol. The van der Waals surface area contributed by atoms with Gasteiger partial charge in [-0.1, -0.05) is 50.1 Å². The molecule has 3 rings (SSSR count). The Balaban J connectivity index is 1.41. The maximum Gasteiger partial charge on any atom is 0.244 e. The second-order valence-corrected chi connectivity index (χ2v) is 8.44. The van der Waals surface area contributed by atoms with Crippen LogP contribution >= 0.6 is 23.6 Å². The Morgan fingerprint density at radius 2 is 2.00 bits per heavy atom. The Hall–Kier alpha value is -1.99. The first-order valence-electron chi connectivity index (χ1n) is 9.42. The average Bonchev–Trinajstić information content (AvgIpc) is 3.09. The van der Waals surface area contributed by atoms with Crippen molar-refractivity contribution in [2.75, 3.05) is 0 Å². The maximum absolute atomic E-state index is 12.1. The van der Waals surface area contributed by atoms with Crippen LogP contribution in [-0.4, -0.2) is 22.0 Å². The van der Waals surface area contributed by atoms with E-state index in [2.05, 4.69) is 40.2 Å². The normalized spacial score (nSPS) is 19.3. The van der Waals surface area contributed by atoms with E-state index < -0.39 is 0 Å². The number of hydrogen-bond acceptors (Lipinski definition) is 4. The molecular weight excluding hydrogens is 376 g/mol. The number of rotatable bonds is 5. The number of thiocarbonyl (C=S) groups is 1. The van der Waals surface area contributed by atoms with Crippen LogP contribution in [0.4, 0.5) is 0 Å². The Labute approximate surface area is 169 Å². The van der Waals surface area contributed by atoms with Crippen molar-refractivity contribution in [3.63, 3.8) is 0 Å². The summed E-state index contributed by atoms with van der Waals surface area (Å²) in [7, 11) is 0. The topological polar surface area (TPSA) is 66.0 Å². The van der Waals surface area contributed by atoms with Crippen molar-refractivity contribution in [1.82, 2.24) is 21.2 Å². The van der Waals surface area contributed by atoms with Crippen molar-refractivity contribution < 1.29 is 4.79 Å². The molecule has 2 atom stereocenters. The summed E-state index contributed by atoms with van der Waals surface area (Å²) in [6.07, 6.45) is 5.89. The van der Waals surface area contributed by atoms with E-state index >= 15 is 0 Å². The van der Waals surface area contributed by atoms with Crippen LogP contribution in [0.15, 0.2) is 35.7 Å². The Bertz CT molecular complexity index is 762. The van der Waals surface area contributed by atoms with E-state index in [0.717, 1.165) is 23.5 Å². The average molecular weight is 403 g/mol. The van der Waals surface area contributed by atoms with Gasteiger partial charge in [0.1, 0.15) is 0 Å². The smallest absolute Gasteiger partial charge is 0.244 e. The summed E-state index contributed by atoms with van der Waals surface area (Å²) in [4.78, 5) is 16.7. The predicted octanol–water partition coefficient (Wildman–Crippen LogP) is 3.35. The molecule has 1 fully saturated rings. The quantitative estimate of drug-likeness (QED) is 0.529. The molecule has 2 unspecified atom stereocenters. The number of carbonyl (C=O) groups is 1. The highest BCUT2D eigenvalue weighted by Crippen LogP contribution is 2.23. The van der Waals surface area contributed by atoms with Gasteiger partial charge in [-0.3, -0.25) is 15.6 Å². The largest absolute Gasteiger partial charge is 0.358 e. The number of hydrazine groups is 1. The monoisotopic (exact) mass is 402 g/mol. The number of benzene rings is 1. The van der Waals surface area contributed by atoms with Gasteiger partial charge in [0.25, 0.3) is 0 Å². The summed E-state index contributed by atoms with van der Waals surface area (Å²) < 4.78 is 0. The van der Waals surface area contributed by atoms with Gasteiger partial charge in [0.2, 0.25) is 5.91 Å². The number of nitrogens with one attached hydrogen (secondary N) is 3. The van der Waals surface area contributed by atoms with E-state index in [-0.39, 0.29) is 12.3 Å². The van der Waals surface area contributed by atoms with Crippen molar-refractivity contribution in [3.8, 4) is 0 Å². The fourth-order valence-electron chi connectivity index (χ4n) is 3.35. The molecule has 144 valence electrons. The van der Waals surface area contributed by atoms with Gasteiger partial charge in [-0.2, -0.15) is 0 Å². The van der Waals surface area contributed by atoms with Crippen LogP contribution in [0.2, 0.25) is 0 Å². The summed E-state index contributed by atoms with van der Waals surface area (Å²) >= 11 is 6.88. The number of hydrogen-bond donors (Lipinski definition) is 3. The highest BCUT2D eigenvalue weighted by Gasteiger charge is 2.21. The third-order valence-electron chi connectivity index (χ3n) is 4.88. The number of aromatic nitrogens is 1. The molecule has 1 amide bonds. The summed E-state index contributed by atoms with van der Waals surface area (Å²) in [5.41, 5.74) is 7.48. The van der Waals surface area contributed by atoms with Gasteiger partial charge >= 0.3 is 0 Å². The molecule has 1 aliphatic rings. The van der Waals surface area contributed by atoms with E-state index in [4.69, 9.17) is 12.2 Å². The molecule has 1 aliphatic carbocycles. The molecule has 1 aromatic carbocycles. The molecule has 0 aliphatic heterocycles. The van der Waals surface area contributed by atoms with Gasteiger partial charge < -0.3 is 5.32 Å². The fraction of sp³-hybridized carbons (Fsp3) is 0.450. The van der Waals surface area contributed by atoms with E-state index in [1.54, 1.807) is 11.3 Å². The minimum absolute atomic E-state index is 0.146. The van der Waals surface area contributed by atoms with Gasteiger partial charge in [-0.15, -0.1) is 11.3 Å². The first-order chi connectivity index (χ1) is 13.1. The van der Waals surface area contributed by atoms with Crippen molar-refractivity contribution in [3.05, 3.63) is 52.0 Å². The zero-order chi connectivity index (χ0) is 19.1. The SMILES string of the molecule is CC1CCCCC1NC(=S)NNC(=O)Cc1csc(Cc2ccccc2)n1. The van der Waals surface area contributed by atoms with Crippen LogP contribution in [0, 0.1) is 5.92 Å². The third kappa shape index (κ3) is 6.29. The van der Waals surface area contributed by atoms with Gasteiger partial charge in [0.15, 0.2) is 5.11 Å². The Morgan fingerprint density at radius 3 is 2.78 bits per heavy atom. The molecule has 1 saturated carbocycles. The lowest BCUT2D eigenvalue weighted by molar-refractivity contribution is -0.121. The molecule has 3 N–H and O–H groups in total. The van der Waals surface area contributed by atoms with Crippen LogP contribution in [0.1, 0.15) is 48.9 Å². The highest BCUT2D eigenvalue weighted by atomic mass is 32.1. The first-order valence-corrected chi connectivity index (χ1v) is 10.7. The molecule has 1 aromatic heterocycles. The van der Waals surface area contributed by atoms with Crippen LogP contribution < -0.4 is 16.2 Å². The molecule has 0 saturated heterocycles. The zero-order valence-electron chi connectivity index (χ0n) is 15.5. The van der Waals surface area contributed by atoms with Crippen molar-refractivity contribution >= 4 is 34.6 Å². The van der Waals surface area contributed by atoms with Crippen LogP contribution in [0.3, 0.4) is 0 Å². The Kier molecular flexibility index (Phi) is 7.18. The lowest BCUT2D eigenvalue weighted by Crippen LogP contribution is -2.51. The molecule has 0 spiro atoms. The van der Waals surface area contributed by atoms with Gasteiger partial charge in [-0.05, 0) is 36.5 Å². The number of amides is 1. The van der Waals surface area contributed by atoms with Crippen molar-refractivity contribution in [2.24, 2.45) is 5.92 Å². The molecule has 7 heteroatoms. The maximum atomic E-state index is 12.1. The van der Waals surface area contributed by atoms with Gasteiger partial charge in [0, 0.05) is 17.8 Å². The standard InChI is InChI=1S/C20H26N4OS2/c1-14-7-5-6-10-17(14)22-20(26)24-23-18(25)12-16-13-27-19(21-16)11-15-8-3-2-4-9-15/h2-4,8-9,13-14,17H,5-7,10-12H2,1H3,(H,23,25)(H2,22,24,26). The Morgan fingerprint density at radius 1 is 1.22 bits per heavy atom. The molecular formula is C20H26N4OS2. The van der Waals surface area contributed by atoms with Crippen LogP contribution in [0.25, 0.3) is 0 Å². The molecule has 0 radical (unpaired) electrons. The summed E-state index contributed by atoms with van der Waals surface area (Å²) in [6.45, 7) is 2.24. The fourth-order valence-corrected chi connectivity index (χ4v) is 4.38. The van der Waals surface area contributed by atoms with Crippen molar-refractivity contribution in [1.29, 1.82) is 0 Å². The third-order valence-corrected chi connectivity index (χ3v) is 6.00. The molecule has 1 heterocycles. The number of thiazole rings is 1. The summed E-state index contributed by atoms with van der Waals surface area (Å²) in [6, 6.07) is 10.6. The second-order valence-electron chi connectivity index (χ2n) is 7.09. The second kappa shape index (κ2) is 9.80. The highest BCUT2D eigenvalue weighted by molar-refractivity contribution is 7.80. The van der Waals surface area contributed by atoms with Crippen LogP contribution in [-0.2, 0) is 17.6 Å². The minimum Gasteiger partial charge on any atom is -0.358 e. The van der Waals surface area contributed by atoms with Gasteiger partial charge in [-0.25, -0.2) is 4.98 Å². The van der Waals surface area contributed by atoms with Crippen LogP contribution in [0.5, 0.6) is 0 Å². The van der Waals surface area contributed by atoms with E-state index in [9.17, 15) is 4.79 Å². The minimum atomic E-state index is -0.146. The number of carbonyl (C=O) groups excluding carboxylic acids is 1. The van der Waals surface area contributed by atoms with E-state index in [1.165, 1.54) is 24.8 Å². The van der Waals surface area contributed by atoms with Gasteiger partial charge in [0.05, 0.1) is 17.1 Å². The molecule has 0 bridgehead atoms. The molecule has 5 nitrogen and oxygen atoms in total. The number of nitrogens with zero attached hydrogens (tertiary/aromatic N) is 1. The molecule has 2 aromatic rings. The lowest BCUT2D eigenvalue weighted by atomic mass is 9.86. The molecule has 27 heavy (non-hydrogen) atoms. The van der Waals surface area contributed by atoms with E-state index in [0.29, 0.717) is 17.1 Å². The zero-order valence-corrected chi connectivity index (χ0v) is 17.2. The summed E-state index contributed by atoms with van der Waals surface area (Å²) in [5.74, 6) is 0.458. The first kappa shape index (κ1) is 19.8. The lowest BCUT2D eigenvalue weighted by Gasteiger charge is -2.30. The van der Waals surface area contributed by atoms with Crippen molar-refractivity contribution in [2.45, 2.75) is 51.5 Å².